The number of hydrogen-bond acceptors (Lipinski definition) is 8. The number of ether oxygens (including phenoxy) is 1. The highest BCUT2D eigenvalue weighted by molar-refractivity contribution is 5.89. The topological polar surface area (TPSA) is 110 Å². The summed E-state index contributed by atoms with van der Waals surface area (Å²) in [7, 11) is 1.24. The maximum absolute atomic E-state index is 14.9. The molecule has 0 fully saturated rings. The minimum atomic E-state index is -0.619. The molecule has 4 rings (SSSR count). The molecule has 1 aromatic carbocycles. The Morgan fingerprint density at radius 2 is 1.69 bits per heavy atom. The SMILES string of the molecule is COC(=O)c1ccc(CN(c2cnccn2)c2cc(-c3ccnc(NC(C)=O)c3)ccn2)c(F)c1. The molecular formula is C25H21FN6O3. The zero-order valence-electron chi connectivity index (χ0n) is 19.0. The van der Waals surface area contributed by atoms with Crippen molar-refractivity contribution in [3.05, 3.63) is 90.4 Å². The smallest absolute Gasteiger partial charge is 0.337 e. The van der Waals surface area contributed by atoms with E-state index >= 15 is 0 Å². The van der Waals surface area contributed by atoms with Crippen LogP contribution < -0.4 is 10.2 Å². The first-order valence-electron chi connectivity index (χ1n) is 10.5. The van der Waals surface area contributed by atoms with Crippen LogP contribution in [0.15, 0.2) is 73.4 Å². The third-order valence-electron chi connectivity index (χ3n) is 5.05. The van der Waals surface area contributed by atoms with Gasteiger partial charge in [0.2, 0.25) is 5.91 Å². The van der Waals surface area contributed by atoms with Gasteiger partial charge in [-0.3, -0.25) is 9.78 Å². The third-order valence-corrected chi connectivity index (χ3v) is 5.05. The van der Waals surface area contributed by atoms with Crippen LogP contribution >= 0.6 is 0 Å². The molecule has 10 heteroatoms. The summed E-state index contributed by atoms with van der Waals surface area (Å²) in [5.74, 6) is -0.0238. The van der Waals surface area contributed by atoms with Crippen LogP contribution in [0.3, 0.4) is 0 Å². The first kappa shape index (κ1) is 23.4. The molecule has 0 radical (unpaired) electrons. The lowest BCUT2D eigenvalue weighted by Gasteiger charge is -2.23. The monoisotopic (exact) mass is 472 g/mol. The van der Waals surface area contributed by atoms with Crippen molar-refractivity contribution in [2.75, 3.05) is 17.3 Å². The van der Waals surface area contributed by atoms with E-state index in [1.54, 1.807) is 29.6 Å². The fraction of sp³-hybridized carbons (Fsp3) is 0.120. The van der Waals surface area contributed by atoms with Crippen molar-refractivity contribution in [2.45, 2.75) is 13.5 Å². The van der Waals surface area contributed by atoms with E-state index in [-0.39, 0.29) is 18.0 Å². The molecule has 0 aliphatic carbocycles. The number of carbonyl (C=O) groups is 2. The number of nitrogens with one attached hydrogen (secondary N) is 1. The quantitative estimate of drug-likeness (QED) is 0.400. The van der Waals surface area contributed by atoms with Crippen molar-refractivity contribution >= 4 is 29.3 Å². The standard InChI is InChI=1S/C25H21FN6O3/c1-16(33)31-22-12-17(5-7-28-22)18-6-8-29-23(13-18)32(24-14-27-9-10-30-24)15-20-4-3-19(11-21(20)26)25(34)35-2/h3-14H,15H2,1-2H3,(H,28,31,33). The zero-order chi connectivity index (χ0) is 24.8. The second kappa shape index (κ2) is 10.5. The van der Waals surface area contributed by atoms with Crippen LogP contribution in [0, 0.1) is 5.82 Å². The van der Waals surface area contributed by atoms with Gasteiger partial charge in [-0.05, 0) is 47.5 Å². The molecule has 1 N–H and O–H groups in total. The molecule has 0 spiro atoms. The Bertz CT molecular complexity index is 1370. The predicted molar refractivity (Wildman–Crippen MR) is 127 cm³/mol. The van der Waals surface area contributed by atoms with Gasteiger partial charge in [-0.25, -0.2) is 24.1 Å². The molecule has 1 amide bonds. The van der Waals surface area contributed by atoms with Gasteiger partial charge in [0.25, 0.3) is 0 Å². The number of carbonyl (C=O) groups excluding carboxylic acids is 2. The number of aromatic nitrogens is 4. The fourth-order valence-corrected chi connectivity index (χ4v) is 3.41. The predicted octanol–water partition coefficient (Wildman–Crippen LogP) is 4.16. The summed E-state index contributed by atoms with van der Waals surface area (Å²) in [6, 6.07) is 11.4. The molecule has 35 heavy (non-hydrogen) atoms. The number of pyridine rings is 2. The van der Waals surface area contributed by atoms with E-state index in [0.29, 0.717) is 23.0 Å². The van der Waals surface area contributed by atoms with Crippen LogP contribution in [-0.4, -0.2) is 38.9 Å². The minimum absolute atomic E-state index is 0.0793. The van der Waals surface area contributed by atoms with Crippen LogP contribution in [0.2, 0.25) is 0 Å². The largest absolute Gasteiger partial charge is 0.465 e. The van der Waals surface area contributed by atoms with Gasteiger partial charge in [-0.1, -0.05) is 6.07 Å². The highest BCUT2D eigenvalue weighted by atomic mass is 19.1. The maximum atomic E-state index is 14.9. The maximum Gasteiger partial charge on any atom is 0.337 e. The average molecular weight is 472 g/mol. The number of hydrogen-bond donors (Lipinski definition) is 1. The Kier molecular flexibility index (Phi) is 7.01. The molecule has 0 aliphatic heterocycles. The van der Waals surface area contributed by atoms with Gasteiger partial charge in [0.1, 0.15) is 17.5 Å². The molecule has 3 heterocycles. The Balaban J connectivity index is 1.71. The van der Waals surface area contributed by atoms with Crippen molar-refractivity contribution < 1.29 is 18.7 Å². The van der Waals surface area contributed by atoms with Crippen molar-refractivity contribution in [1.29, 1.82) is 0 Å². The summed E-state index contributed by atoms with van der Waals surface area (Å²) in [5, 5.41) is 2.66. The van der Waals surface area contributed by atoms with Gasteiger partial charge in [0.15, 0.2) is 5.82 Å². The number of methoxy groups -OCH3 is 1. The van der Waals surface area contributed by atoms with Crippen LogP contribution in [0.25, 0.3) is 11.1 Å². The van der Waals surface area contributed by atoms with Crippen molar-refractivity contribution in [1.82, 2.24) is 19.9 Å². The molecule has 0 saturated carbocycles. The van der Waals surface area contributed by atoms with Gasteiger partial charge in [-0.15, -0.1) is 0 Å². The lowest BCUT2D eigenvalue weighted by molar-refractivity contribution is -0.114. The lowest BCUT2D eigenvalue weighted by atomic mass is 10.1. The first-order valence-corrected chi connectivity index (χ1v) is 10.5. The number of nitrogens with zero attached hydrogens (tertiary/aromatic N) is 5. The third kappa shape index (κ3) is 5.61. The Morgan fingerprint density at radius 1 is 0.943 bits per heavy atom. The summed E-state index contributed by atoms with van der Waals surface area (Å²) in [4.78, 5) is 42.0. The van der Waals surface area contributed by atoms with Gasteiger partial charge in [0.05, 0.1) is 25.4 Å². The van der Waals surface area contributed by atoms with Gasteiger partial charge >= 0.3 is 5.97 Å². The van der Waals surface area contributed by atoms with Gasteiger partial charge in [-0.2, -0.15) is 0 Å². The van der Waals surface area contributed by atoms with E-state index < -0.39 is 11.8 Å². The normalized spacial score (nSPS) is 10.5. The van der Waals surface area contributed by atoms with Crippen LogP contribution in [0.1, 0.15) is 22.8 Å². The van der Waals surface area contributed by atoms with Gasteiger partial charge < -0.3 is 15.0 Å². The Morgan fingerprint density at radius 3 is 2.37 bits per heavy atom. The number of benzene rings is 1. The molecule has 0 unspecified atom stereocenters. The number of anilines is 3. The highest BCUT2D eigenvalue weighted by Gasteiger charge is 2.18. The van der Waals surface area contributed by atoms with Crippen LogP contribution in [-0.2, 0) is 16.1 Å². The van der Waals surface area contributed by atoms with E-state index in [1.165, 1.54) is 38.6 Å². The fourth-order valence-electron chi connectivity index (χ4n) is 3.41. The molecule has 4 aromatic rings. The molecule has 0 bridgehead atoms. The average Bonchev–Trinajstić information content (AvgIpc) is 2.88. The second-order valence-electron chi connectivity index (χ2n) is 7.46. The molecule has 9 nitrogen and oxygen atoms in total. The summed E-state index contributed by atoms with van der Waals surface area (Å²) in [5.41, 5.74) is 2.06. The number of rotatable bonds is 7. The van der Waals surface area contributed by atoms with Gasteiger partial charge in [0, 0.05) is 37.3 Å². The van der Waals surface area contributed by atoms with Crippen molar-refractivity contribution in [3.63, 3.8) is 0 Å². The number of esters is 1. The van der Waals surface area contributed by atoms with Crippen molar-refractivity contribution in [3.8, 4) is 11.1 Å². The zero-order valence-corrected chi connectivity index (χ0v) is 19.0. The van der Waals surface area contributed by atoms with E-state index in [4.69, 9.17) is 0 Å². The Hall–Kier alpha value is -4.73. The van der Waals surface area contributed by atoms with Crippen LogP contribution in [0.5, 0.6) is 0 Å². The highest BCUT2D eigenvalue weighted by Crippen LogP contribution is 2.29. The molecule has 0 atom stereocenters. The van der Waals surface area contributed by atoms with E-state index in [2.05, 4.69) is 30.0 Å². The number of halogens is 1. The summed E-state index contributed by atoms with van der Waals surface area (Å²) in [6.45, 7) is 1.49. The van der Waals surface area contributed by atoms with E-state index in [9.17, 15) is 14.0 Å². The number of amides is 1. The van der Waals surface area contributed by atoms with Crippen molar-refractivity contribution in [2.24, 2.45) is 0 Å². The second-order valence-corrected chi connectivity index (χ2v) is 7.46. The molecule has 3 aromatic heterocycles. The first-order chi connectivity index (χ1) is 16.9. The Labute approximate surface area is 200 Å². The lowest BCUT2D eigenvalue weighted by Crippen LogP contribution is -2.20. The summed E-state index contributed by atoms with van der Waals surface area (Å²) in [6.07, 6.45) is 7.85. The van der Waals surface area contributed by atoms with Crippen LogP contribution in [0.4, 0.5) is 21.8 Å². The summed E-state index contributed by atoms with van der Waals surface area (Å²) < 4.78 is 19.6. The molecule has 0 saturated heterocycles. The van der Waals surface area contributed by atoms with E-state index in [1.807, 2.05) is 18.2 Å². The molecular weight excluding hydrogens is 451 g/mol. The summed E-state index contributed by atoms with van der Waals surface area (Å²) >= 11 is 0. The molecule has 176 valence electrons. The van der Waals surface area contributed by atoms with E-state index in [0.717, 1.165) is 17.2 Å². The minimum Gasteiger partial charge on any atom is -0.465 e. The molecule has 0 aliphatic rings.